The molecule has 102 valence electrons. The molecule has 0 aliphatic heterocycles. The lowest BCUT2D eigenvalue weighted by Gasteiger charge is -2.08. The Bertz CT molecular complexity index is 466. The molecule has 1 amide bonds. The zero-order valence-electron chi connectivity index (χ0n) is 11.6. The van der Waals surface area contributed by atoms with Gasteiger partial charge in [0.15, 0.2) is 0 Å². The highest BCUT2D eigenvalue weighted by atomic mass is 32.2. The predicted octanol–water partition coefficient (Wildman–Crippen LogP) is 4.53. The Kier molecular flexibility index (Phi) is 6.43. The van der Waals surface area contributed by atoms with Crippen molar-refractivity contribution in [2.45, 2.75) is 31.6 Å². The highest BCUT2D eigenvalue weighted by molar-refractivity contribution is 7.98. The van der Waals surface area contributed by atoms with Gasteiger partial charge in [0, 0.05) is 11.3 Å². The molecular formula is C16H21NOS. The molecule has 0 heterocycles. The third kappa shape index (κ3) is 5.35. The lowest BCUT2D eigenvalue weighted by atomic mass is 10.1. The molecule has 1 aromatic carbocycles. The molecule has 0 aliphatic rings. The maximum atomic E-state index is 11.6. The van der Waals surface area contributed by atoms with Crippen LogP contribution in [0.1, 0.15) is 37.8 Å². The fourth-order valence-electron chi connectivity index (χ4n) is 1.57. The summed E-state index contributed by atoms with van der Waals surface area (Å²) < 4.78 is 2.86. The first-order valence-electron chi connectivity index (χ1n) is 6.41. The summed E-state index contributed by atoms with van der Waals surface area (Å²) >= 11 is 1.35. The van der Waals surface area contributed by atoms with E-state index in [0.717, 1.165) is 22.4 Å². The maximum absolute atomic E-state index is 11.6. The average molecular weight is 275 g/mol. The molecule has 0 atom stereocenters. The minimum Gasteiger partial charge on any atom is -0.296 e. The SMILES string of the molecule is C=Cc1ccc(SNC(=O)CCC(C)C)cc1C=C. The number of amides is 1. The summed E-state index contributed by atoms with van der Waals surface area (Å²) in [4.78, 5) is 12.6. The minimum atomic E-state index is 0.0756. The van der Waals surface area contributed by atoms with E-state index < -0.39 is 0 Å². The normalized spacial score (nSPS) is 10.3. The molecule has 0 radical (unpaired) electrons. The Morgan fingerprint density at radius 2 is 2.00 bits per heavy atom. The van der Waals surface area contributed by atoms with Crippen LogP contribution in [0.25, 0.3) is 12.2 Å². The summed E-state index contributed by atoms with van der Waals surface area (Å²) in [5.41, 5.74) is 2.07. The second-order valence-corrected chi connectivity index (χ2v) is 5.64. The lowest BCUT2D eigenvalue weighted by Crippen LogP contribution is -2.15. The largest absolute Gasteiger partial charge is 0.296 e. The molecule has 3 heteroatoms. The molecule has 1 aromatic rings. The van der Waals surface area contributed by atoms with E-state index >= 15 is 0 Å². The van der Waals surface area contributed by atoms with E-state index in [-0.39, 0.29) is 5.91 Å². The number of benzene rings is 1. The first-order valence-corrected chi connectivity index (χ1v) is 7.23. The van der Waals surface area contributed by atoms with Crippen molar-refractivity contribution in [3.8, 4) is 0 Å². The summed E-state index contributed by atoms with van der Waals surface area (Å²) in [6.45, 7) is 11.8. The summed E-state index contributed by atoms with van der Waals surface area (Å²) in [6, 6.07) is 5.95. The molecule has 0 fully saturated rings. The molecule has 1 N–H and O–H groups in total. The average Bonchev–Trinajstić information content (AvgIpc) is 2.42. The van der Waals surface area contributed by atoms with Crippen LogP contribution in [0.5, 0.6) is 0 Å². The predicted molar refractivity (Wildman–Crippen MR) is 84.7 cm³/mol. The van der Waals surface area contributed by atoms with Crippen molar-refractivity contribution in [3.63, 3.8) is 0 Å². The zero-order chi connectivity index (χ0) is 14.3. The third-order valence-corrected chi connectivity index (χ3v) is 3.55. The summed E-state index contributed by atoms with van der Waals surface area (Å²) in [5.74, 6) is 0.627. The standard InChI is InChI=1S/C16H21NOS/c1-5-13-8-9-15(11-14(13)6-2)19-17-16(18)10-7-12(3)4/h5-6,8-9,11-12H,1-2,7,10H2,3-4H3,(H,17,18). The van der Waals surface area contributed by atoms with Gasteiger partial charge in [-0.15, -0.1) is 0 Å². The van der Waals surface area contributed by atoms with Crippen LogP contribution in [-0.2, 0) is 4.79 Å². The fourth-order valence-corrected chi connectivity index (χ4v) is 2.22. The van der Waals surface area contributed by atoms with Crippen molar-refractivity contribution in [2.75, 3.05) is 0 Å². The molecule has 19 heavy (non-hydrogen) atoms. The van der Waals surface area contributed by atoms with Crippen molar-refractivity contribution >= 4 is 30.0 Å². The van der Waals surface area contributed by atoms with E-state index in [2.05, 4.69) is 31.7 Å². The highest BCUT2D eigenvalue weighted by Crippen LogP contribution is 2.21. The monoisotopic (exact) mass is 275 g/mol. The smallest absolute Gasteiger partial charge is 0.230 e. The van der Waals surface area contributed by atoms with E-state index in [0.29, 0.717) is 12.3 Å². The van der Waals surface area contributed by atoms with Crippen LogP contribution < -0.4 is 4.72 Å². The van der Waals surface area contributed by atoms with Gasteiger partial charge in [-0.25, -0.2) is 0 Å². The molecule has 0 saturated heterocycles. The molecule has 1 rings (SSSR count). The van der Waals surface area contributed by atoms with Crippen molar-refractivity contribution < 1.29 is 4.79 Å². The lowest BCUT2D eigenvalue weighted by molar-refractivity contribution is -0.119. The van der Waals surface area contributed by atoms with Crippen LogP contribution >= 0.6 is 11.9 Å². The van der Waals surface area contributed by atoms with Crippen molar-refractivity contribution in [1.29, 1.82) is 0 Å². The molecule has 0 unspecified atom stereocenters. The van der Waals surface area contributed by atoms with Gasteiger partial charge in [0.25, 0.3) is 0 Å². The highest BCUT2D eigenvalue weighted by Gasteiger charge is 2.05. The van der Waals surface area contributed by atoms with Gasteiger partial charge in [-0.2, -0.15) is 0 Å². The zero-order valence-corrected chi connectivity index (χ0v) is 12.4. The first-order chi connectivity index (χ1) is 9.06. The molecule has 2 nitrogen and oxygen atoms in total. The second kappa shape index (κ2) is 7.85. The minimum absolute atomic E-state index is 0.0756. The summed E-state index contributed by atoms with van der Waals surface area (Å²) in [5, 5.41) is 0. The Morgan fingerprint density at radius 1 is 1.32 bits per heavy atom. The molecule has 0 aliphatic carbocycles. The summed E-state index contributed by atoms with van der Waals surface area (Å²) in [6.07, 6.45) is 5.08. The van der Waals surface area contributed by atoms with Crippen LogP contribution in [-0.4, -0.2) is 5.91 Å². The Hall–Kier alpha value is -1.48. The van der Waals surface area contributed by atoms with Gasteiger partial charge in [0.1, 0.15) is 0 Å². The van der Waals surface area contributed by atoms with Crippen molar-refractivity contribution in [3.05, 3.63) is 42.5 Å². The quantitative estimate of drug-likeness (QED) is 0.741. The topological polar surface area (TPSA) is 29.1 Å². The molecule has 0 spiro atoms. The third-order valence-electron chi connectivity index (χ3n) is 2.73. The van der Waals surface area contributed by atoms with E-state index in [1.807, 2.05) is 18.2 Å². The van der Waals surface area contributed by atoms with E-state index in [1.165, 1.54) is 11.9 Å². The number of rotatable bonds is 7. The van der Waals surface area contributed by atoms with E-state index in [9.17, 15) is 4.79 Å². The van der Waals surface area contributed by atoms with Crippen LogP contribution in [0, 0.1) is 5.92 Å². The van der Waals surface area contributed by atoms with Gasteiger partial charge in [-0.1, -0.05) is 45.2 Å². The van der Waals surface area contributed by atoms with Gasteiger partial charge in [-0.3, -0.25) is 9.52 Å². The number of carbonyl (C=O) groups is 1. The van der Waals surface area contributed by atoms with Gasteiger partial charge >= 0.3 is 0 Å². The fraction of sp³-hybridized carbons (Fsp3) is 0.312. The molecule has 0 bridgehead atoms. The molecular weight excluding hydrogens is 254 g/mol. The first kappa shape index (κ1) is 15.6. The molecule has 0 aromatic heterocycles. The second-order valence-electron chi connectivity index (χ2n) is 4.76. The van der Waals surface area contributed by atoms with Crippen LogP contribution in [0.3, 0.4) is 0 Å². The van der Waals surface area contributed by atoms with Crippen LogP contribution in [0.2, 0.25) is 0 Å². The number of carbonyl (C=O) groups excluding carboxylic acids is 1. The van der Waals surface area contributed by atoms with E-state index in [4.69, 9.17) is 0 Å². The van der Waals surface area contributed by atoms with Crippen LogP contribution in [0.15, 0.2) is 36.3 Å². The molecule has 0 saturated carbocycles. The van der Waals surface area contributed by atoms with Crippen molar-refractivity contribution in [2.24, 2.45) is 5.92 Å². The van der Waals surface area contributed by atoms with Gasteiger partial charge < -0.3 is 0 Å². The van der Waals surface area contributed by atoms with Gasteiger partial charge in [-0.05, 0) is 47.5 Å². The van der Waals surface area contributed by atoms with E-state index in [1.54, 1.807) is 12.2 Å². The van der Waals surface area contributed by atoms with Gasteiger partial charge in [0.05, 0.1) is 0 Å². The Balaban J connectivity index is 2.56. The Morgan fingerprint density at radius 3 is 2.58 bits per heavy atom. The number of hydrogen-bond donors (Lipinski definition) is 1. The maximum Gasteiger partial charge on any atom is 0.230 e. The Labute approximate surface area is 120 Å². The van der Waals surface area contributed by atoms with Crippen molar-refractivity contribution in [1.82, 2.24) is 4.72 Å². The van der Waals surface area contributed by atoms with Gasteiger partial charge in [0.2, 0.25) is 5.91 Å². The number of hydrogen-bond acceptors (Lipinski definition) is 2. The summed E-state index contributed by atoms with van der Waals surface area (Å²) in [7, 11) is 0. The number of nitrogens with one attached hydrogen (secondary N) is 1. The van der Waals surface area contributed by atoms with Crippen LogP contribution in [0.4, 0.5) is 0 Å².